The average molecular weight is 142 g/mol. The number of hydrogen-bond acceptors (Lipinski definition) is 2. The van der Waals surface area contributed by atoms with E-state index in [1.54, 1.807) is 0 Å². The molecule has 0 bridgehead atoms. The standard InChI is InChI=1S/C7H15BO2/c1-3-5-8-9-6-4-7(2)10-8/h7H,3-6H2,1-2H3. The molecule has 58 valence electrons. The van der Waals surface area contributed by atoms with Crippen LogP contribution in [0.4, 0.5) is 0 Å². The molecule has 0 saturated carbocycles. The summed E-state index contributed by atoms with van der Waals surface area (Å²) < 4.78 is 10.9. The lowest BCUT2D eigenvalue weighted by Gasteiger charge is -2.25. The molecule has 0 aromatic heterocycles. The first kappa shape index (κ1) is 8.09. The van der Waals surface area contributed by atoms with E-state index in [-0.39, 0.29) is 7.12 Å². The molecule has 0 amide bonds. The van der Waals surface area contributed by atoms with E-state index in [4.69, 9.17) is 9.31 Å². The second-order valence-electron chi connectivity index (χ2n) is 2.82. The summed E-state index contributed by atoms with van der Waals surface area (Å²) >= 11 is 0. The second kappa shape index (κ2) is 3.99. The van der Waals surface area contributed by atoms with Gasteiger partial charge in [0.15, 0.2) is 0 Å². The Morgan fingerprint density at radius 3 is 3.00 bits per heavy atom. The monoisotopic (exact) mass is 142 g/mol. The van der Waals surface area contributed by atoms with E-state index >= 15 is 0 Å². The molecule has 0 radical (unpaired) electrons. The Morgan fingerprint density at radius 1 is 1.60 bits per heavy atom. The summed E-state index contributed by atoms with van der Waals surface area (Å²) in [6.45, 7) is 5.11. The van der Waals surface area contributed by atoms with Gasteiger partial charge in [0, 0.05) is 12.7 Å². The molecule has 2 nitrogen and oxygen atoms in total. The molecule has 1 heterocycles. The van der Waals surface area contributed by atoms with Crippen LogP contribution < -0.4 is 0 Å². The molecule has 1 saturated heterocycles. The quantitative estimate of drug-likeness (QED) is 0.546. The molecule has 0 N–H and O–H groups in total. The van der Waals surface area contributed by atoms with Gasteiger partial charge in [-0.1, -0.05) is 13.3 Å². The maximum absolute atomic E-state index is 5.50. The van der Waals surface area contributed by atoms with E-state index in [2.05, 4.69) is 13.8 Å². The highest BCUT2D eigenvalue weighted by atomic mass is 16.6. The molecule has 0 aliphatic carbocycles. The zero-order valence-corrected chi connectivity index (χ0v) is 6.80. The molecule has 0 spiro atoms. The molecule has 1 fully saturated rings. The topological polar surface area (TPSA) is 18.5 Å². The van der Waals surface area contributed by atoms with Crippen molar-refractivity contribution in [3.8, 4) is 0 Å². The van der Waals surface area contributed by atoms with Crippen LogP contribution in [0.25, 0.3) is 0 Å². The fraction of sp³-hybridized carbons (Fsp3) is 1.00. The van der Waals surface area contributed by atoms with Crippen LogP contribution in [0.3, 0.4) is 0 Å². The molecule has 1 aliphatic rings. The Labute approximate surface area is 63.0 Å². The Balaban J connectivity index is 2.18. The van der Waals surface area contributed by atoms with Crippen molar-refractivity contribution in [3.05, 3.63) is 0 Å². The first-order valence-corrected chi connectivity index (χ1v) is 4.10. The van der Waals surface area contributed by atoms with Gasteiger partial charge in [-0.25, -0.2) is 0 Å². The smallest absolute Gasteiger partial charge is 0.411 e. The summed E-state index contributed by atoms with van der Waals surface area (Å²) in [4.78, 5) is 0. The summed E-state index contributed by atoms with van der Waals surface area (Å²) in [6.07, 6.45) is 3.60. The van der Waals surface area contributed by atoms with Gasteiger partial charge in [0.1, 0.15) is 0 Å². The van der Waals surface area contributed by atoms with E-state index in [1.165, 1.54) is 0 Å². The van der Waals surface area contributed by atoms with E-state index in [0.29, 0.717) is 6.10 Å². The van der Waals surface area contributed by atoms with Gasteiger partial charge < -0.3 is 9.31 Å². The van der Waals surface area contributed by atoms with Crippen LogP contribution in [-0.4, -0.2) is 19.8 Å². The third-order valence-corrected chi connectivity index (χ3v) is 1.74. The van der Waals surface area contributed by atoms with Gasteiger partial charge in [0.2, 0.25) is 0 Å². The largest absolute Gasteiger partial charge is 0.457 e. The van der Waals surface area contributed by atoms with Crippen molar-refractivity contribution in [2.24, 2.45) is 0 Å². The van der Waals surface area contributed by atoms with Crippen molar-refractivity contribution < 1.29 is 9.31 Å². The van der Waals surface area contributed by atoms with Crippen LogP contribution in [0.15, 0.2) is 0 Å². The summed E-state index contributed by atoms with van der Waals surface area (Å²) in [7, 11) is 0.0775. The zero-order chi connectivity index (χ0) is 7.40. The molecule has 10 heavy (non-hydrogen) atoms. The lowest BCUT2D eigenvalue weighted by atomic mass is 9.81. The van der Waals surface area contributed by atoms with Crippen molar-refractivity contribution in [1.82, 2.24) is 0 Å². The first-order valence-electron chi connectivity index (χ1n) is 4.10. The molecule has 1 unspecified atom stereocenters. The summed E-state index contributed by atoms with van der Waals surface area (Å²) in [5, 5.41) is 0. The van der Waals surface area contributed by atoms with E-state index in [1.807, 2.05) is 0 Å². The average Bonchev–Trinajstić information content (AvgIpc) is 1.88. The van der Waals surface area contributed by atoms with Gasteiger partial charge in [-0.3, -0.25) is 0 Å². The predicted molar refractivity (Wildman–Crippen MR) is 42.0 cm³/mol. The SMILES string of the molecule is CCCB1OCCC(C)O1. The van der Waals surface area contributed by atoms with E-state index in [9.17, 15) is 0 Å². The normalized spacial score (nSPS) is 27.0. The molecule has 1 atom stereocenters. The second-order valence-corrected chi connectivity index (χ2v) is 2.82. The lowest BCUT2D eigenvalue weighted by molar-refractivity contribution is 0.0781. The lowest BCUT2D eigenvalue weighted by Crippen LogP contribution is -2.34. The minimum Gasteiger partial charge on any atom is -0.411 e. The van der Waals surface area contributed by atoms with Crippen LogP contribution >= 0.6 is 0 Å². The number of rotatable bonds is 2. The highest BCUT2D eigenvalue weighted by Crippen LogP contribution is 2.12. The van der Waals surface area contributed by atoms with Crippen LogP contribution in [0.1, 0.15) is 26.7 Å². The highest BCUT2D eigenvalue weighted by Gasteiger charge is 2.24. The molecule has 1 rings (SSSR count). The maximum Gasteiger partial charge on any atom is 0.457 e. The van der Waals surface area contributed by atoms with Gasteiger partial charge in [-0.15, -0.1) is 0 Å². The molecule has 3 heteroatoms. The van der Waals surface area contributed by atoms with Crippen LogP contribution in [-0.2, 0) is 9.31 Å². The fourth-order valence-electron chi connectivity index (χ4n) is 1.12. The van der Waals surface area contributed by atoms with Crippen molar-refractivity contribution in [2.75, 3.05) is 6.61 Å². The van der Waals surface area contributed by atoms with Crippen molar-refractivity contribution in [3.63, 3.8) is 0 Å². The van der Waals surface area contributed by atoms with Crippen molar-refractivity contribution in [1.29, 1.82) is 0 Å². The van der Waals surface area contributed by atoms with Gasteiger partial charge in [-0.2, -0.15) is 0 Å². The Morgan fingerprint density at radius 2 is 2.40 bits per heavy atom. The van der Waals surface area contributed by atoms with Crippen LogP contribution in [0.2, 0.25) is 6.32 Å². The summed E-state index contributed by atoms with van der Waals surface area (Å²) in [5.41, 5.74) is 0. The maximum atomic E-state index is 5.50. The zero-order valence-electron chi connectivity index (χ0n) is 6.80. The molecular weight excluding hydrogens is 127 g/mol. The molecule has 1 aliphatic heterocycles. The van der Waals surface area contributed by atoms with Crippen LogP contribution in [0, 0.1) is 0 Å². The third-order valence-electron chi connectivity index (χ3n) is 1.74. The minimum absolute atomic E-state index is 0.0775. The molecule has 0 aromatic rings. The summed E-state index contributed by atoms with van der Waals surface area (Å²) in [5.74, 6) is 0. The van der Waals surface area contributed by atoms with E-state index in [0.717, 1.165) is 25.8 Å². The van der Waals surface area contributed by atoms with E-state index < -0.39 is 0 Å². The Kier molecular flexibility index (Phi) is 3.22. The van der Waals surface area contributed by atoms with Crippen molar-refractivity contribution in [2.45, 2.75) is 39.1 Å². The Bertz CT molecular complexity index is 95.6. The third kappa shape index (κ3) is 2.31. The number of hydrogen-bond donors (Lipinski definition) is 0. The fourth-order valence-corrected chi connectivity index (χ4v) is 1.12. The minimum atomic E-state index is 0.0775. The summed E-state index contributed by atoms with van der Waals surface area (Å²) in [6, 6.07) is 0. The van der Waals surface area contributed by atoms with Gasteiger partial charge in [0.05, 0.1) is 0 Å². The highest BCUT2D eigenvalue weighted by molar-refractivity contribution is 6.44. The Hall–Kier alpha value is -0.0151. The van der Waals surface area contributed by atoms with Gasteiger partial charge >= 0.3 is 7.12 Å². The predicted octanol–water partition coefficient (Wildman–Crippen LogP) is 1.71. The molecular formula is C7H15BO2. The van der Waals surface area contributed by atoms with Crippen molar-refractivity contribution >= 4 is 7.12 Å². The van der Waals surface area contributed by atoms with Crippen LogP contribution in [0.5, 0.6) is 0 Å². The first-order chi connectivity index (χ1) is 4.83. The molecule has 0 aromatic carbocycles. The van der Waals surface area contributed by atoms with Gasteiger partial charge in [0.25, 0.3) is 0 Å². The van der Waals surface area contributed by atoms with Gasteiger partial charge in [-0.05, 0) is 19.7 Å².